The molecule has 124 valence electrons. The lowest BCUT2D eigenvalue weighted by Crippen LogP contribution is -2.13. The lowest BCUT2D eigenvalue weighted by Gasteiger charge is -2.08. The van der Waals surface area contributed by atoms with Crippen LogP contribution in [-0.4, -0.2) is 22.3 Å². The molecule has 7 heteroatoms. The van der Waals surface area contributed by atoms with Crippen LogP contribution in [0.1, 0.15) is 23.3 Å². The fourth-order valence-corrected chi connectivity index (χ4v) is 2.28. The van der Waals surface area contributed by atoms with Crippen molar-refractivity contribution in [1.82, 2.24) is 15.2 Å². The maximum absolute atomic E-state index is 6.20. The molecule has 0 fully saturated rings. The minimum absolute atomic E-state index is 0.268. The molecule has 0 saturated heterocycles. The van der Waals surface area contributed by atoms with Crippen molar-refractivity contribution in [2.45, 2.75) is 12.6 Å². The van der Waals surface area contributed by atoms with E-state index < -0.39 is 6.04 Å². The number of methoxy groups -OCH3 is 1. The smallest absolute Gasteiger partial charge is 0.172 e. The molecule has 0 unspecified atom stereocenters. The van der Waals surface area contributed by atoms with Gasteiger partial charge in [0.2, 0.25) is 0 Å². The van der Waals surface area contributed by atoms with Gasteiger partial charge in [-0.3, -0.25) is 5.10 Å². The first-order valence-corrected chi connectivity index (χ1v) is 7.72. The first-order chi connectivity index (χ1) is 11.7. The van der Waals surface area contributed by atoms with Gasteiger partial charge in [-0.15, -0.1) is 0 Å². The van der Waals surface area contributed by atoms with E-state index in [1.54, 1.807) is 31.4 Å². The number of ether oxygens (including phenoxy) is 2. The number of rotatable bonds is 6. The van der Waals surface area contributed by atoms with Crippen LogP contribution in [0.15, 0.2) is 48.5 Å². The van der Waals surface area contributed by atoms with E-state index in [1.165, 1.54) is 0 Å². The minimum Gasteiger partial charge on any atom is -0.497 e. The lowest BCUT2D eigenvalue weighted by molar-refractivity contribution is 0.296. The van der Waals surface area contributed by atoms with Gasteiger partial charge in [0.1, 0.15) is 18.1 Å². The molecule has 1 atom stereocenters. The molecule has 0 spiro atoms. The quantitative estimate of drug-likeness (QED) is 0.717. The number of nitrogens with zero attached hydrogens (tertiary/aromatic N) is 2. The van der Waals surface area contributed by atoms with Gasteiger partial charge in [-0.25, -0.2) is 4.98 Å². The van der Waals surface area contributed by atoms with Crippen molar-refractivity contribution in [2.75, 3.05) is 7.11 Å². The molecular formula is C17H17ClN4O2. The second-order valence-electron chi connectivity index (χ2n) is 5.13. The maximum atomic E-state index is 6.20. The number of halogens is 1. The van der Waals surface area contributed by atoms with Gasteiger partial charge in [-0.1, -0.05) is 23.7 Å². The van der Waals surface area contributed by atoms with E-state index in [-0.39, 0.29) is 6.61 Å². The van der Waals surface area contributed by atoms with Gasteiger partial charge in [0.25, 0.3) is 0 Å². The number of hydrogen-bond donors (Lipinski definition) is 2. The summed E-state index contributed by atoms with van der Waals surface area (Å²) in [5.74, 6) is 2.59. The molecule has 3 rings (SSSR count). The molecule has 0 aliphatic heterocycles. The second-order valence-corrected chi connectivity index (χ2v) is 5.57. The third-order valence-electron chi connectivity index (χ3n) is 3.49. The van der Waals surface area contributed by atoms with Crippen molar-refractivity contribution in [3.8, 4) is 11.5 Å². The summed E-state index contributed by atoms with van der Waals surface area (Å²) in [6, 6.07) is 14.2. The van der Waals surface area contributed by atoms with Crippen LogP contribution in [0, 0.1) is 0 Å². The Morgan fingerprint density at radius 1 is 1.08 bits per heavy atom. The summed E-state index contributed by atoms with van der Waals surface area (Å²) in [6.07, 6.45) is 0. The number of benzene rings is 2. The van der Waals surface area contributed by atoms with Crippen molar-refractivity contribution in [1.29, 1.82) is 0 Å². The van der Waals surface area contributed by atoms with Gasteiger partial charge in [0.05, 0.1) is 13.2 Å². The topological polar surface area (TPSA) is 86.0 Å². The summed E-state index contributed by atoms with van der Waals surface area (Å²) in [5, 5.41) is 7.67. The highest BCUT2D eigenvalue weighted by Gasteiger charge is 2.15. The maximum Gasteiger partial charge on any atom is 0.172 e. The van der Waals surface area contributed by atoms with Crippen LogP contribution in [0.3, 0.4) is 0 Å². The Labute approximate surface area is 144 Å². The second kappa shape index (κ2) is 7.33. The van der Waals surface area contributed by atoms with E-state index in [0.717, 1.165) is 11.3 Å². The predicted octanol–water partition coefficient (Wildman–Crippen LogP) is 3.09. The van der Waals surface area contributed by atoms with E-state index in [9.17, 15) is 0 Å². The van der Waals surface area contributed by atoms with E-state index >= 15 is 0 Å². The van der Waals surface area contributed by atoms with Gasteiger partial charge in [-0.2, -0.15) is 5.10 Å². The molecular weight excluding hydrogens is 328 g/mol. The van der Waals surface area contributed by atoms with Gasteiger partial charge < -0.3 is 15.2 Å². The first kappa shape index (κ1) is 16.3. The van der Waals surface area contributed by atoms with E-state index in [1.807, 2.05) is 24.3 Å². The van der Waals surface area contributed by atoms with Crippen molar-refractivity contribution < 1.29 is 9.47 Å². The molecule has 0 aliphatic carbocycles. The van der Waals surface area contributed by atoms with Gasteiger partial charge in [-0.05, 0) is 42.0 Å². The lowest BCUT2D eigenvalue weighted by atomic mass is 10.1. The third kappa shape index (κ3) is 3.84. The van der Waals surface area contributed by atoms with Crippen molar-refractivity contribution in [2.24, 2.45) is 5.73 Å². The zero-order valence-electron chi connectivity index (χ0n) is 13.1. The fourth-order valence-electron chi connectivity index (χ4n) is 2.16. The zero-order valence-corrected chi connectivity index (χ0v) is 13.8. The normalized spacial score (nSPS) is 12.0. The summed E-state index contributed by atoms with van der Waals surface area (Å²) >= 11 is 5.84. The highest BCUT2D eigenvalue weighted by molar-refractivity contribution is 6.30. The standard InChI is InChI=1S/C17H17ClN4O2/c1-23-13-6-2-11(3-7-13)16(19)17-20-15(21-22-17)10-24-14-8-4-12(18)5-9-14/h2-9,16H,10,19H2,1H3,(H,20,21,22)/t16-/m0/s1. The van der Waals surface area contributed by atoms with E-state index in [4.69, 9.17) is 26.8 Å². The van der Waals surface area contributed by atoms with Crippen molar-refractivity contribution in [3.63, 3.8) is 0 Å². The van der Waals surface area contributed by atoms with Crippen LogP contribution in [0.5, 0.6) is 11.5 Å². The number of H-pyrrole nitrogens is 1. The molecule has 1 aromatic heterocycles. The largest absolute Gasteiger partial charge is 0.497 e. The number of aromatic amines is 1. The molecule has 3 N–H and O–H groups in total. The Morgan fingerprint density at radius 3 is 2.42 bits per heavy atom. The SMILES string of the molecule is COc1ccc([C@H](N)c2n[nH]c(COc3ccc(Cl)cc3)n2)cc1. The molecule has 24 heavy (non-hydrogen) atoms. The molecule has 0 saturated carbocycles. The average molecular weight is 345 g/mol. The first-order valence-electron chi connectivity index (χ1n) is 7.35. The molecule has 1 heterocycles. The Bertz CT molecular complexity index is 787. The minimum atomic E-state index is -0.420. The van der Waals surface area contributed by atoms with Crippen LogP contribution < -0.4 is 15.2 Å². The van der Waals surface area contributed by atoms with Gasteiger partial charge in [0.15, 0.2) is 11.6 Å². The Hall–Kier alpha value is -2.57. The van der Waals surface area contributed by atoms with Gasteiger partial charge >= 0.3 is 0 Å². The van der Waals surface area contributed by atoms with Crippen LogP contribution >= 0.6 is 11.6 Å². The molecule has 0 amide bonds. The predicted molar refractivity (Wildman–Crippen MR) is 91.2 cm³/mol. The number of aromatic nitrogens is 3. The van der Waals surface area contributed by atoms with Crippen LogP contribution in [0.4, 0.5) is 0 Å². The Kier molecular flexibility index (Phi) is 4.98. The van der Waals surface area contributed by atoms with Crippen LogP contribution in [0.25, 0.3) is 0 Å². The fraction of sp³-hybridized carbons (Fsp3) is 0.176. The summed E-state index contributed by atoms with van der Waals surface area (Å²) in [5.41, 5.74) is 7.11. The molecule has 0 aliphatic rings. The van der Waals surface area contributed by atoms with Gasteiger partial charge in [0, 0.05) is 5.02 Å². The summed E-state index contributed by atoms with van der Waals surface area (Å²) in [4.78, 5) is 4.39. The summed E-state index contributed by atoms with van der Waals surface area (Å²) in [6.45, 7) is 0.268. The van der Waals surface area contributed by atoms with E-state index in [2.05, 4.69) is 15.2 Å². The number of nitrogens with two attached hydrogens (primary N) is 1. The Morgan fingerprint density at radius 2 is 1.75 bits per heavy atom. The molecule has 3 aromatic rings. The Balaban J connectivity index is 1.64. The molecule has 6 nitrogen and oxygen atoms in total. The van der Waals surface area contributed by atoms with Crippen LogP contribution in [-0.2, 0) is 6.61 Å². The summed E-state index contributed by atoms with van der Waals surface area (Å²) < 4.78 is 10.8. The van der Waals surface area contributed by atoms with Crippen LogP contribution in [0.2, 0.25) is 5.02 Å². The summed E-state index contributed by atoms with van der Waals surface area (Å²) in [7, 11) is 1.62. The number of nitrogens with one attached hydrogen (secondary N) is 1. The monoisotopic (exact) mass is 344 g/mol. The molecule has 0 radical (unpaired) electrons. The molecule has 0 bridgehead atoms. The highest BCUT2D eigenvalue weighted by atomic mass is 35.5. The zero-order chi connectivity index (χ0) is 16.9. The van der Waals surface area contributed by atoms with Crippen molar-refractivity contribution >= 4 is 11.6 Å². The average Bonchev–Trinajstić information content (AvgIpc) is 3.10. The molecule has 2 aromatic carbocycles. The number of hydrogen-bond acceptors (Lipinski definition) is 5. The highest BCUT2D eigenvalue weighted by Crippen LogP contribution is 2.20. The third-order valence-corrected chi connectivity index (χ3v) is 3.74. The van der Waals surface area contributed by atoms with Crippen molar-refractivity contribution in [3.05, 3.63) is 70.8 Å². The van der Waals surface area contributed by atoms with E-state index in [0.29, 0.717) is 22.4 Å².